The minimum absolute atomic E-state index is 0.355. The van der Waals surface area contributed by atoms with E-state index in [9.17, 15) is 9.59 Å². The second kappa shape index (κ2) is 31.0. The standard InChI is InChI=1S/C44H72N2O4/c1-3-5-7-9-11-13-15-17-19-21-23-25-27-29-35-49-43(47)39-31-33-45-41(37-39)42-38-40(32-34-46-42)44(48)50-36-30-28-26-24-22-20-18-16-14-12-10-8-6-4-2/h31-34,37-38H,3-30,35-36H2,1-2H3. The molecule has 0 aromatic carbocycles. The Balaban J connectivity index is 1.54. The molecule has 50 heavy (non-hydrogen) atoms. The predicted molar refractivity (Wildman–Crippen MR) is 209 cm³/mol. The fourth-order valence-corrected chi connectivity index (χ4v) is 6.48. The van der Waals surface area contributed by atoms with Gasteiger partial charge in [-0.25, -0.2) is 9.59 Å². The smallest absolute Gasteiger partial charge is 0.338 e. The van der Waals surface area contributed by atoms with Crippen LogP contribution in [-0.4, -0.2) is 35.1 Å². The lowest BCUT2D eigenvalue weighted by Gasteiger charge is -2.08. The summed E-state index contributed by atoms with van der Waals surface area (Å²) in [5, 5.41) is 0. The molecular formula is C44H72N2O4. The van der Waals surface area contributed by atoms with E-state index in [-0.39, 0.29) is 11.9 Å². The van der Waals surface area contributed by atoms with E-state index >= 15 is 0 Å². The fraction of sp³-hybridized carbons (Fsp3) is 0.727. The highest BCUT2D eigenvalue weighted by atomic mass is 16.5. The number of carbonyl (C=O) groups excluding carboxylic acids is 2. The van der Waals surface area contributed by atoms with Crippen molar-refractivity contribution in [3.8, 4) is 11.4 Å². The molecular weight excluding hydrogens is 620 g/mol. The highest BCUT2D eigenvalue weighted by molar-refractivity contribution is 5.92. The average molecular weight is 693 g/mol. The SMILES string of the molecule is CCCCCCCCCCCCCCCCOC(=O)c1ccnc(-c2cc(C(=O)OCCCCCCCCCCCCCCCC)ccn2)c1. The van der Waals surface area contributed by atoms with Gasteiger partial charge < -0.3 is 9.47 Å². The Morgan fingerprint density at radius 2 is 0.680 bits per heavy atom. The molecule has 2 heterocycles. The van der Waals surface area contributed by atoms with Crippen LogP contribution in [0.15, 0.2) is 36.7 Å². The lowest BCUT2D eigenvalue weighted by molar-refractivity contribution is 0.0488. The van der Waals surface area contributed by atoms with Crippen LogP contribution in [0.2, 0.25) is 0 Å². The lowest BCUT2D eigenvalue weighted by Crippen LogP contribution is -2.08. The van der Waals surface area contributed by atoms with Gasteiger partial charge in [0.05, 0.1) is 35.7 Å². The van der Waals surface area contributed by atoms with Gasteiger partial charge in [-0.2, -0.15) is 0 Å². The first-order chi connectivity index (χ1) is 24.7. The van der Waals surface area contributed by atoms with Gasteiger partial charge in [0.2, 0.25) is 0 Å². The molecule has 0 unspecified atom stereocenters. The Morgan fingerprint density at radius 3 is 0.960 bits per heavy atom. The van der Waals surface area contributed by atoms with Crippen molar-refractivity contribution < 1.29 is 19.1 Å². The van der Waals surface area contributed by atoms with Crippen LogP contribution < -0.4 is 0 Å². The zero-order valence-corrected chi connectivity index (χ0v) is 32.2. The maximum absolute atomic E-state index is 12.7. The average Bonchev–Trinajstić information content (AvgIpc) is 3.14. The molecule has 0 amide bonds. The molecule has 0 atom stereocenters. The van der Waals surface area contributed by atoms with Crippen molar-refractivity contribution in [3.63, 3.8) is 0 Å². The number of esters is 2. The lowest BCUT2D eigenvalue weighted by atomic mass is 10.0. The van der Waals surface area contributed by atoms with E-state index < -0.39 is 0 Å². The zero-order chi connectivity index (χ0) is 35.7. The molecule has 2 aromatic heterocycles. The summed E-state index contributed by atoms with van der Waals surface area (Å²) >= 11 is 0. The van der Waals surface area contributed by atoms with Crippen molar-refractivity contribution in [2.45, 2.75) is 194 Å². The maximum Gasteiger partial charge on any atom is 0.338 e. The summed E-state index contributed by atoms with van der Waals surface area (Å²) in [4.78, 5) is 34.2. The predicted octanol–water partition coefficient (Wildman–Crippen LogP) is 13.4. The highest BCUT2D eigenvalue weighted by Crippen LogP contribution is 2.19. The summed E-state index contributed by atoms with van der Waals surface area (Å²) in [6.07, 6.45) is 39.4. The normalized spacial score (nSPS) is 11.2. The van der Waals surface area contributed by atoms with Crippen molar-refractivity contribution in [1.82, 2.24) is 9.97 Å². The van der Waals surface area contributed by atoms with Crippen LogP contribution in [0.5, 0.6) is 0 Å². The molecule has 2 rings (SSSR count). The van der Waals surface area contributed by atoms with Gasteiger partial charge in [-0.05, 0) is 37.1 Å². The second-order valence-electron chi connectivity index (χ2n) is 14.3. The largest absolute Gasteiger partial charge is 0.462 e. The zero-order valence-electron chi connectivity index (χ0n) is 32.2. The molecule has 0 bridgehead atoms. The quantitative estimate of drug-likeness (QED) is 0.0547. The van der Waals surface area contributed by atoms with Crippen LogP contribution in [0.1, 0.15) is 214 Å². The van der Waals surface area contributed by atoms with Crippen molar-refractivity contribution >= 4 is 11.9 Å². The van der Waals surface area contributed by atoms with Crippen molar-refractivity contribution in [1.29, 1.82) is 0 Å². The summed E-state index contributed by atoms with van der Waals surface area (Å²) < 4.78 is 11.1. The first kappa shape index (κ1) is 43.4. The summed E-state index contributed by atoms with van der Waals surface area (Å²) in [7, 11) is 0. The van der Waals surface area contributed by atoms with Gasteiger partial charge in [0.1, 0.15) is 0 Å². The molecule has 6 heteroatoms. The minimum Gasteiger partial charge on any atom is -0.462 e. The van der Waals surface area contributed by atoms with E-state index in [4.69, 9.17) is 9.47 Å². The second-order valence-corrected chi connectivity index (χ2v) is 14.3. The summed E-state index contributed by atoms with van der Waals surface area (Å²) in [5.74, 6) is -0.709. The third-order valence-electron chi connectivity index (χ3n) is 9.72. The first-order valence-electron chi connectivity index (χ1n) is 20.9. The number of nitrogens with zero attached hydrogens (tertiary/aromatic N) is 2. The molecule has 0 aliphatic carbocycles. The number of hydrogen-bond donors (Lipinski definition) is 0. The van der Waals surface area contributed by atoms with Gasteiger partial charge >= 0.3 is 11.9 Å². The van der Waals surface area contributed by atoms with Gasteiger partial charge in [-0.3, -0.25) is 9.97 Å². The van der Waals surface area contributed by atoms with Gasteiger partial charge in [-0.1, -0.05) is 181 Å². The molecule has 0 saturated carbocycles. The summed E-state index contributed by atoms with van der Waals surface area (Å²) in [5.41, 5.74) is 1.93. The van der Waals surface area contributed by atoms with Crippen molar-refractivity contribution in [3.05, 3.63) is 47.8 Å². The fourth-order valence-electron chi connectivity index (χ4n) is 6.48. The molecule has 0 saturated heterocycles. The van der Waals surface area contributed by atoms with Crippen LogP contribution in [0, 0.1) is 0 Å². The molecule has 282 valence electrons. The number of carbonyl (C=O) groups is 2. The first-order valence-corrected chi connectivity index (χ1v) is 20.9. The molecule has 0 spiro atoms. The Labute approximate surface area is 306 Å². The van der Waals surface area contributed by atoms with E-state index in [2.05, 4.69) is 23.8 Å². The summed E-state index contributed by atoms with van der Waals surface area (Å²) in [6, 6.07) is 6.68. The van der Waals surface area contributed by atoms with Crippen molar-refractivity contribution in [2.24, 2.45) is 0 Å². The van der Waals surface area contributed by atoms with E-state index in [0.29, 0.717) is 35.7 Å². The Hall–Kier alpha value is -2.76. The number of aromatic nitrogens is 2. The molecule has 0 N–H and O–H groups in total. The van der Waals surface area contributed by atoms with Crippen LogP contribution in [-0.2, 0) is 9.47 Å². The Bertz CT molecular complexity index is 1030. The van der Waals surface area contributed by atoms with Crippen LogP contribution >= 0.6 is 0 Å². The summed E-state index contributed by atoms with van der Waals surface area (Å²) in [6.45, 7) is 5.39. The van der Waals surface area contributed by atoms with Gasteiger partial charge in [-0.15, -0.1) is 0 Å². The minimum atomic E-state index is -0.355. The number of rotatable bonds is 33. The molecule has 0 aliphatic heterocycles. The number of unbranched alkanes of at least 4 members (excludes halogenated alkanes) is 26. The number of ether oxygens (including phenoxy) is 2. The molecule has 0 radical (unpaired) electrons. The van der Waals surface area contributed by atoms with Gasteiger partial charge in [0.15, 0.2) is 0 Å². The van der Waals surface area contributed by atoms with Gasteiger partial charge in [0, 0.05) is 12.4 Å². The molecule has 2 aromatic rings. The van der Waals surface area contributed by atoms with E-state index in [1.54, 1.807) is 36.7 Å². The van der Waals surface area contributed by atoms with Crippen LogP contribution in [0.25, 0.3) is 11.4 Å². The van der Waals surface area contributed by atoms with E-state index in [1.165, 1.54) is 154 Å². The maximum atomic E-state index is 12.7. The number of pyridine rings is 2. The van der Waals surface area contributed by atoms with Crippen molar-refractivity contribution in [2.75, 3.05) is 13.2 Å². The van der Waals surface area contributed by atoms with Crippen LogP contribution in [0.3, 0.4) is 0 Å². The number of hydrogen-bond acceptors (Lipinski definition) is 6. The highest BCUT2D eigenvalue weighted by Gasteiger charge is 2.13. The Kier molecular flexibility index (Phi) is 26.9. The molecule has 0 aliphatic rings. The third kappa shape index (κ3) is 22.1. The molecule has 0 fully saturated rings. The van der Waals surface area contributed by atoms with E-state index in [0.717, 1.165) is 25.7 Å². The van der Waals surface area contributed by atoms with E-state index in [1.807, 2.05) is 0 Å². The third-order valence-corrected chi connectivity index (χ3v) is 9.72. The topological polar surface area (TPSA) is 78.4 Å². The molecule has 6 nitrogen and oxygen atoms in total. The van der Waals surface area contributed by atoms with Gasteiger partial charge in [0.25, 0.3) is 0 Å². The Morgan fingerprint density at radius 1 is 0.420 bits per heavy atom. The monoisotopic (exact) mass is 693 g/mol. The van der Waals surface area contributed by atoms with Crippen LogP contribution in [0.4, 0.5) is 0 Å².